The fourth-order valence-electron chi connectivity index (χ4n) is 2.52. The van der Waals surface area contributed by atoms with E-state index in [2.05, 4.69) is 27.1 Å². The highest BCUT2D eigenvalue weighted by Gasteiger charge is 2.21. The Morgan fingerprint density at radius 3 is 2.86 bits per heavy atom. The largest absolute Gasteiger partial charge is 0.485 e. The van der Waals surface area contributed by atoms with E-state index in [-0.39, 0.29) is 17.8 Å². The van der Waals surface area contributed by atoms with Gasteiger partial charge in [0.25, 0.3) is 0 Å². The summed E-state index contributed by atoms with van der Waals surface area (Å²) < 4.78 is 7.81. The van der Waals surface area contributed by atoms with Crippen molar-refractivity contribution in [2.45, 2.75) is 44.3 Å². The van der Waals surface area contributed by atoms with Gasteiger partial charge in [0.2, 0.25) is 5.91 Å². The summed E-state index contributed by atoms with van der Waals surface area (Å²) in [5.41, 5.74) is 1.94. The van der Waals surface area contributed by atoms with Crippen molar-refractivity contribution in [1.82, 2.24) is 19.7 Å². The number of carbonyl (C=O) groups is 1. The number of nitrogens with zero attached hydrogens (tertiary/aromatic N) is 4. The summed E-state index contributed by atoms with van der Waals surface area (Å²) >= 11 is 2.75. The third-order valence-corrected chi connectivity index (χ3v) is 6.01. The van der Waals surface area contributed by atoms with Crippen molar-refractivity contribution >= 4 is 34.1 Å². The Kier molecular flexibility index (Phi) is 7.05. The average molecular weight is 430 g/mol. The van der Waals surface area contributed by atoms with Crippen LogP contribution in [0, 0.1) is 13.8 Å². The van der Waals surface area contributed by atoms with Crippen LogP contribution in [0.25, 0.3) is 0 Å². The molecule has 1 aromatic carbocycles. The predicted molar refractivity (Wildman–Crippen MR) is 117 cm³/mol. The summed E-state index contributed by atoms with van der Waals surface area (Å²) in [7, 11) is 0. The molecular formula is C20H23N5O2S2. The number of rotatable bonds is 9. The second kappa shape index (κ2) is 9.71. The number of allylic oxidation sites excluding steroid dienone is 1. The summed E-state index contributed by atoms with van der Waals surface area (Å²) in [6.45, 7) is 10.3. The number of hydrogen-bond acceptors (Lipinski definition) is 7. The lowest BCUT2D eigenvalue weighted by molar-refractivity contribution is -0.115. The molecule has 0 bridgehead atoms. The molecule has 2 aromatic heterocycles. The number of ether oxygens (including phenoxy) is 1. The van der Waals surface area contributed by atoms with Gasteiger partial charge in [0.1, 0.15) is 12.4 Å². The van der Waals surface area contributed by atoms with Crippen molar-refractivity contribution < 1.29 is 9.53 Å². The van der Waals surface area contributed by atoms with Crippen LogP contribution in [-0.4, -0.2) is 30.9 Å². The van der Waals surface area contributed by atoms with Crippen LogP contribution in [0.4, 0.5) is 5.13 Å². The number of benzene rings is 1. The average Bonchev–Trinajstić information content (AvgIpc) is 3.27. The van der Waals surface area contributed by atoms with E-state index in [1.165, 1.54) is 23.1 Å². The molecule has 1 N–H and O–H groups in total. The first-order chi connectivity index (χ1) is 14.0. The number of thiazole rings is 1. The number of para-hydroxylation sites is 1. The number of hydrogen-bond donors (Lipinski definition) is 1. The van der Waals surface area contributed by atoms with Gasteiger partial charge < -0.3 is 10.1 Å². The molecular weight excluding hydrogens is 406 g/mol. The second-order valence-corrected chi connectivity index (χ2v) is 8.56. The fourth-order valence-corrected chi connectivity index (χ4v) is 4.08. The number of nitrogens with one attached hydrogen (secondary N) is 1. The first-order valence-corrected chi connectivity index (χ1v) is 10.8. The Bertz CT molecular complexity index is 998. The van der Waals surface area contributed by atoms with E-state index >= 15 is 0 Å². The number of amides is 1. The third-order valence-electron chi connectivity index (χ3n) is 4.06. The maximum Gasteiger partial charge on any atom is 0.239 e. The molecule has 3 rings (SSSR count). The van der Waals surface area contributed by atoms with Crippen LogP contribution in [0.1, 0.15) is 24.0 Å². The van der Waals surface area contributed by atoms with Gasteiger partial charge in [0.15, 0.2) is 16.1 Å². The van der Waals surface area contributed by atoms with Crippen molar-refractivity contribution in [2.24, 2.45) is 0 Å². The van der Waals surface area contributed by atoms with Gasteiger partial charge in [-0.3, -0.25) is 9.36 Å². The fraction of sp³-hybridized carbons (Fsp3) is 0.300. The normalized spacial score (nSPS) is 11.8. The zero-order valence-corrected chi connectivity index (χ0v) is 18.2. The lowest BCUT2D eigenvalue weighted by atomic mass is 10.2. The standard InChI is InChI=1S/C20H23N5O2S2/c1-5-10-25-17(11-27-16-9-7-6-8-13(16)2)23-24-20(25)29-15(4)18(26)22-19-21-14(3)12-28-19/h5-9,12,15H,1,10-11H2,2-4H3,(H,21,22,26)/t15-/m0/s1. The number of aromatic nitrogens is 4. The molecule has 0 aliphatic rings. The summed E-state index contributed by atoms with van der Waals surface area (Å²) in [5.74, 6) is 1.36. The van der Waals surface area contributed by atoms with Crippen molar-refractivity contribution in [3.63, 3.8) is 0 Å². The van der Waals surface area contributed by atoms with E-state index in [1.807, 2.05) is 55.0 Å². The topological polar surface area (TPSA) is 81.9 Å². The first kappa shape index (κ1) is 21.1. The molecule has 152 valence electrons. The molecule has 2 heterocycles. The first-order valence-electron chi connectivity index (χ1n) is 9.09. The highest BCUT2D eigenvalue weighted by molar-refractivity contribution is 8.00. The van der Waals surface area contributed by atoms with Crippen LogP contribution in [0.15, 0.2) is 47.5 Å². The number of carbonyl (C=O) groups excluding carboxylic acids is 1. The van der Waals surface area contributed by atoms with Crippen LogP contribution in [-0.2, 0) is 17.9 Å². The molecule has 29 heavy (non-hydrogen) atoms. The third kappa shape index (κ3) is 5.45. The minimum Gasteiger partial charge on any atom is -0.485 e. The monoisotopic (exact) mass is 429 g/mol. The Hall–Kier alpha value is -2.65. The Balaban J connectivity index is 1.68. The summed E-state index contributed by atoms with van der Waals surface area (Å²) in [6.07, 6.45) is 1.77. The molecule has 1 amide bonds. The van der Waals surface area contributed by atoms with Crippen LogP contribution in [0.3, 0.4) is 0 Å². The van der Waals surface area contributed by atoms with E-state index in [0.717, 1.165) is 17.0 Å². The Morgan fingerprint density at radius 1 is 1.38 bits per heavy atom. The second-order valence-electron chi connectivity index (χ2n) is 6.40. The van der Waals surface area contributed by atoms with Crippen LogP contribution in [0.5, 0.6) is 5.75 Å². The van der Waals surface area contributed by atoms with Crippen LogP contribution < -0.4 is 10.1 Å². The van der Waals surface area contributed by atoms with E-state index in [0.29, 0.717) is 22.7 Å². The van der Waals surface area contributed by atoms with Gasteiger partial charge in [-0.05, 0) is 32.4 Å². The SMILES string of the molecule is C=CCn1c(COc2ccccc2C)nnc1S[C@@H](C)C(=O)Nc1nc(C)cs1. The van der Waals surface area contributed by atoms with Crippen LogP contribution >= 0.6 is 23.1 Å². The highest BCUT2D eigenvalue weighted by atomic mass is 32.2. The van der Waals surface area contributed by atoms with E-state index in [1.54, 1.807) is 6.08 Å². The summed E-state index contributed by atoms with van der Waals surface area (Å²) in [6, 6.07) is 7.82. The number of thioether (sulfide) groups is 1. The summed E-state index contributed by atoms with van der Waals surface area (Å²) in [4.78, 5) is 16.7. The van der Waals surface area contributed by atoms with Gasteiger partial charge >= 0.3 is 0 Å². The zero-order valence-electron chi connectivity index (χ0n) is 16.6. The number of anilines is 1. The van der Waals surface area contributed by atoms with Gasteiger partial charge in [-0.15, -0.1) is 28.1 Å². The molecule has 0 saturated carbocycles. The predicted octanol–water partition coefficient (Wildman–Crippen LogP) is 4.24. The van der Waals surface area contributed by atoms with Crippen molar-refractivity contribution in [3.05, 3.63) is 59.4 Å². The maximum absolute atomic E-state index is 12.5. The van der Waals surface area contributed by atoms with E-state index < -0.39 is 0 Å². The van der Waals surface area contributed by atoms with Crippen molar-refractivity contribution in [2.75, 3.05) is 5.32 Å². The molecule has 0 radical (unpaired) electrons. The molecule has 3 aromatic rings. The van der Waals surface area contributed by atoms with Gasteiger partial charge in [-0.2, -0.15) is 0 Å². The Morgan fingerprint density at radius 2 is 2.17 bits per heavy atom. The van der Waals surface area contributed by atoms with Crippen molar-refractivity contribution in [3.8, 4) is 5.75 Å². The summed E-state index contributed by atoms with van der Waals surface area (Å²) in [5, 5.41) is 14.1. The van der Waals surface area contributed by atoms with Crippen LogP contribution in [0.2, 0.25) is 0 Å². The molecule has 0 unspecified atom stereocenters. The molecule has 0 spiro atoms. The molecule has 0 fully saturated rings. The van der Waals surface area contributed by atoms with E-state index in [4.69, 9.17) is 4.74 Å². The smallest absolute Gasteiger partial charge is 0.239 e. The van der Waals surface area contributed by atoms with Gasteiger partial charge in [-0.25, -0.2) is 4.98 Å². The minimum atomic E-state index is -0.364. The van der Waals surface area contributed by atoms with Gasteiger partial charge in [0.05, 0.1) is 10.9 Å². The molecule has 7 nitrogen and oxygen atoms in total. The molecule has 0 saturated heterocycles. The molecule has 1 atom stereocenters. The molecule has 0 aliphatic heterocycles. The zero-order chi connectivity index (χ0) is 20.8. The van der Waals surface area contributed by atoms with E-state index in [9.17, 15) is 4.79 Å². The molecule has 0 aliphatic carbocycles. The van der Waals surface area contributed by atoms with Crippen molar-refractivity contribution in [1.29, 1.82) is 0 Å². The van der Waals surface area contributed by atoms with Gasteiger partial charge in [-0.1, -0.05) is 36.0 Å². The Labute approximate surface area is 178 Å². The quantitative estimate of drug-likeness (QED) is 0.405. The molecule has 9 heteroatoms. The highest BCUT2D eigenvalue weighted by Crippen LogP contribution is 2.25. The minimum absolute atomic E-state index is 0.129. The lowest BCUT2D eigenvalue weighted by Gasteiger charge is -2.12. The lowest BCUT2D eigenvalue weighted by Crippen LogP contribution is -2.23. The maximum atomic E-state index is 12.5. The van der Waals surface area contributed by atoms with Gasteiger partial charge in [0, 0.05) is 11.9 Å². The number of aryl methyl sites for hydroxylation is 2.